The van der Waals surface area contributed by atoms with Gasteiger partial charge >= 0.3 is 0 Å². The van der Waals surface area contributed by atoms with Crippen molar-refractivity contribution in [2.24, 2.45) is 0 Å². The van der Waals surface area contributed by atoms with Crippen molar-refractivity contribution in [1.82, 2.24) is 0 Å². The lowest BCUT2D eigenvalue weighted by atomic mass is 9.86. The van der Waals surface area contributed by atoms with Crippen molar-refractivity contribution in [1.29, 1.82) is 0 Å². The molecule has 0 aliphatic rings. The Hall–Kier alpha value is -3.60. The lowest BCUT2D eigenvalue weighted by Gasteiger charge is -2.22. The van der Waals surface area contributed by atoms with E-state index in [9.17, 15) is 9.59 Å². The third-order valence-corrected chi connectivity index (χ3v) is 4.49. The van der Waals surface area contributed by atoms with Crippen molar-refractivity contribution in [3.8, 4) is 5.75 Å². The fourth-order valence-electron chi connectivity index (χ4n) is 3.02. The molecule has 3 aromatic carbocycles. The van der Waals surface area contributed by atoms with Crippen LogP contribution in [0.25, 0.3) is 0 Å². The lowest BCUT2D eigenvalue weighted by molar-refractivity contribution is -0.118. The van der Waals surface area contributed by atoms with Gasteiger partial charge in [0.05, 0.1) is 0 Å². The van der Waals surface area contributed by atoms with Gasteiger partial charge in [0, 0.05) is 16.9 Å². The largest absolute Gasteiger partial charge is 0.483 e. The molecule has 0 bridgehead atoms. The van der Waals surface area contributed by atoms with E-state index in [0.717, 1.165) is 5.56 Å². The van der Waals surface area contributed by atoms with Crippen molar-refractivity contribution < 1.29 is 14.3 Å². The Kier molecular flexibility index (Phi) is 6.52. The second-order valence-electron chi connectivity index (χ2n) is 7.98. The van der Waals surface area contributed by atoms with Crippen LogP contribution in [-0.4, -0.2) is 18.4 Å². The number of benzene rings is 3. The van der Waals surface area contributed by atoms with Crippen LogP contribution < -0.4 is 15.4 Å². The molecule has 154 valence electrons. The molecule has 0 atom stereocenters. The topological polar surface area (TPSA) is 67.4 Å². The van der Waals surface area contributed by atoms with Crippen LogP contribution in [0.5, 0.6) is 5.75 Å². The zero-order valence-corrected chi connectivity index (χ0v) is 17.4. The van der Waals surface area contributed by atoms with Crippen LogP contribution in [0.3, 0.4) is 0 Å². The molecular weight excluding hydrogens is 376 g/mol. The number of anilines is 2. The summed E-state index contributed by atoms with van der Waals surface area (Å²) in [5.74, 6) is 0.156. The first-order valence-corrected chi connectivity index (χ1v) is 9.81. The average molecular weight is 402 g/mol. The van der Waals surface area contributed by atoms with Gasteiger partial charge in [-0.05, 0) is 47.4 Å². The van der Waals surface area contributed by atoms with Crippen molar-refractivity contribution in [3.63, 3.8) is 0 Å². The summed E-state index contributed by atoms with van der Waals surface area (Å²) >= 11 is 0. The van der Waals surface area contributed by atoms with Gasteiger partial charge in [-0.1, -0.05) is 63.2 Å². The highest BCUT2D eigenvalue weighted by Gasteiger charge is 2.19. The molecule has 0 saturated carbocycles. The number of carbonyl (C=O) groups excluding carboxylic acids is 2. The third kappa shape index (κ3) is 5.70. The first-order chi connectivity index (χ1) is 14.3. The Morgan fingerprint density at radius 3 is 2.20 bits per heavy atom. The predicted molar refractivity (Wildman–Crippen MR) is 120 cm³/mol. The zero-order valence-electron chi connectivity index (χ0n) is 17.4. The number of hydrogen-bond donors (Lipinski definition) is 2. The van der Waals surface area contributed by atoms with Crippen molar-refractivity contribution >= 4 is 23.2 Å². The molecule has 30 heavy (non-hydrogen) atoms. The van der Waals surface area contributed by atoms with Gasteiger partial charge in [0.1, 0.15) is 5.75 Å². The van der Waals surface area contributed by atoms with Gasteiger partial charge in [-0.25, -0.2) is 0 Å². The first kappa shape index (κ1) is 21.1. The second-order valence-corrected chi connectivity index (χ2v) is 7.98. The monoisotopic (exact) mass is 402 g/mol. The molecule has 0 saturated heterocycles. The second kappa shape index (κ2) is 9.27. The molecule has 3 aromatic rings. The smallest absolute Gasteiger partial charge is 0.262 e. The maximum atomic E-state index is 12.4. The summed E-state index contributed by atoms with van der Waals surface area (Å²) < 4.78 is 5.76. The molecule has 5 heteroatoms. The number of para-hydroxylation sites is 2. The number of hydrogen-bond acceptors (Lipinski definition) is 3. The number of rotatable bonds is 6. The number of amides is 2. The molecule has 0 radical (unpaired) electrons. The molecule has 0 fully saturated rings. The van der Waals surface area contributed by atoms with E-state index in [1.54, 1.807) is 24.3 Å². The van der Waals surface area contributed by atoms with Gasteiger partial charge in [-0.3, -0.25) is 9.59 Å². The summed E-state index contributed by atoms with van der Waals surface area (Å²) in [5, 5.41) is 5.61. The minimum Gasteiger partial charge on any atom is -0.483 e. The number of carbonyl (C=O) groups is 2. The Morgan fingerprint density at radius 2 is 1.47 bits per heavy atom. The third-order valence-electron chi connectivity index (χ3n) is 4.49. The van der Waals surface area contributed by atoms with Crippen molar-refractivity contribution in [2.75, 3.05) is 17.2 Å². The van der Waals surface area contributed by atoms with Gasteiger partial charge in [0.2, 0.25) is 0 Å². The molecule has 5 nitrogen and oxygen atoms in total. The van der Waals surface area contributed by atoms with Crippen LogP contribution in [0.2, 0.25) is 0 Å². The van der Waals surface area contributed by atoms with Crippen LogP contribution in [0.4, 0.5) is 11.4 Å². The van der Waals surface area contributed by atoms with Crippen LogP contribution in [0, 0.1) is 0 Å². The number of nitrogens with one attached hydrogen (secondary N) is 2. The van der Waals surface area contributed by atoms with E-state index in [1.165, 1.54) is 0 Å². The highest BCUT2D eigenvalue weighted by atomic mass is 16.5. The van der Waals surface area contributed by atoms with E-state index < -0.39 is 0 Å². The highest BCUT2D eigenvalue weighted by molar-refractivity contribution is 6.05. The lowest BCUT2D eigenvalue weighted by Crippen LogP contribution is -2.22. The Morgan fingerprint density at radius 1 is 0.800 bits per heavy atom. The van der Waals surface area contributed by atoms with Gasteiger partial charge in [-0.15, -0.1) is 0 Å². The van der Waals surface area contributed by atoms with E-state index in [4.69, 9.17) is 4.74 Å². The quantitative estimate of drug-likeness (QED) is 0.591. The molecule has 0 spiro atoms. The van der Waals surface area contributed by atoms with Crippen molar-refractivity contribution in [2.45, 2.75) is 26.2 Å². The summed E-state index contributed by atoms with van der Waals surface area (Å²) in [6.45, 7) is 6.18. The number of ether oxygens (including phenoxy) is 1. The SMILES string of the molecule is CC(C)(C)c1ccccc1OCC(=O)Nc1cccc(C(=O)Nc2ccccc2)c1. The van der Waals surface area contributed by atoms with E-state index in [0.29, 0.717) is 22.7 Å². The van der Waals surface area contributed by atoms with Gasteiger partial charge < -0.3 is 15.4 Å². The van der Waals surface area contributed by atoms with Crippen LogP contribution in [-0.2, 0) is 10.2 Å². The standard InChI is InChI=1S/C25H26N2O3/c1-25(2,3)21-14-7-8-15-22(21)30-17-23(28)26-20-13-9-10-18(16-20)24(29)27-19-11-5-4-6-12-19/h4-16H,17H2,1-3H3,(H,26,28)(H,27,29). The summed E-state index contributed by atoms with van der Waals surface area (Å²) in [5.41, 5.74) is 2.65. The van der Waals surface area contributed by atoms with E-state index in [-0.39, 0.29) is 23.8 Å². The van der Waals surface area contributed by atoms with Crippen LogP contribution in [0.15, 0.2) is 78.9 Å². The Balaban J connectivity index is 1.61. The molecule has 0 aliphatic heterocycles. The minimum atomic E-state index is -0.292. The normalized spacial score (nSPS) is 10.9. The molecular formula is C25H26N2O3. The molecule has 3 rings (SSSR count). The summed E-state index contributed by atoms with van der Waals surface area (Å²) in [7, 11) is 0. The van der Waals surface area contributed by atoms with Crippen molar-refractivity contribution in [3.05, 3.63) is 90.0 Å². The van der Waals surface area contributed by atoms with E-state index >= 15 is 0 Å². The maximum Gasteiger partial charge on any atom is 0.262 e. The summed E-state index contributed by atoms with van der Waals surface area (Å²) in [6, 6.07) is 23.7. The molecule has 0 unspecified atom stereocenters. The molecule has 2 N–H and O–H groups in total. The average Bonchev–Trinajstić information content (AvgIpc) is 2.73. The minimum absolute atomic E-state index is 0.0898. The van der Waals surface area contributed by atoms with Crippen LogP contribution in [0.1, 0.15) is 36.7 Å². The molecule has 0 aliphatic carbocycles. The summed E-state index contributed by atoms with van der Waals surface area (Å²) in [4.78, 5) is 24.8. The predicted octanol–water partition coefficient (Wildman–Crippen LogP) is 5.25. The summed E-state index contributed by atoms with van der Waals surface area (Å²) in [6.07, 6.45) is 0. The maximum absolute atomic E-state index is 12.4. The Labute approximate surface area is 177 Å². The van der Waals surface area contributed by atoms with Gasteiger partial charge in [0.25, 0.3) is 11.8 Å². The zero-order chi connectivity index (χ0) is 21.6. The van der Waals surface area contributed by atoms with Crippen LogP contribution >= 0.6 is 0 Å². The fraction of sp³-hybridized carbons (Fsp3) is 0.200. The highest BCUT2D eigenvalue weighted by Crippen LogP contribution is 2.30. The molecule has 0 heterocycles. The van der Waals surface area contributed by atoms with E-state index in [2.05, 4.69) is 31.4 Å². The van der Waals surface area contributed by atoms with E-state index in [1.807, 2.05) is 54.6 Å². The molecule has 0 aromatic heterocycles. The van der Waals surface area contributed by atoms with Gasteiger partial charge in [-0.2, -0.15) is 0 Å². The fourth-order valence-corrected chi connectivity index (χ4v) is 3.02. The first-order valence-electron chi connectivity index (χ1n) is 9.81. The Bertz CT molecular complexity index is 1020. The molecule has 2 amide bonds. The van der Waals surface area contributed by atoms with Gasteiger partial charge in [0.15, 0.2) is 6.61 Å².